The predicted molar refractivity (Wildman–Crippen MR) is 59.8 cm³/mol. The van der Waals surface area contributed by atoms with E-state index in [1.165, 1.54) is 0 Å². The van der Waals surface area contributed by atoms with Crippen molar-refractivity contribution < 1.29 is 14.6 Å². The van der Waals surface area contributed by atoms with E-state index in [1.54, 1.807) is 18.7 Å². The van der Waals surface area contributed by atoms with Gasteiger partial charge in [0.2, 0.25) is 0 Å². The lowest BCUT2D eigenvalue weighted by Crippen LogP contribution is -2.13. The van der Waals surface area contributed by atoms with Gasteiger partial charge in [-0.1, -0.05) is 20.8 Å². The van der Waals surface area contributed by atoms with Gasteiger partial charge < -0.3 is 9.84 Å². The van der Waals surface area contributed by atoms with Crippen LogP contribution in [0.15, 0.2) is 0 Å². The Bertz CT molecular complexity index is 159. The summed E-state index contributed by atoms with van der Waals surface area (Å²) in [4.78, 5) is 10.5. The molecule has 0 aromatic rings. The average Bonchev–Trinajstić information content (AvgIpc) is 2.09. The van der Waals surface area contributed by atoms with Gasteiger partial charge >= 0.3 is 5.97 Å². The number of hydrogen-bond acceptors (Lipinski definition) is 3. The summed E-state index contributed by atoms with van der Waals surface area (Å²) in [6.07, 6.45) is 0. The van der Waals surface area contributed by atoms with Gasteiger partial charge in [0.15, 0.2) is 0 Å². The monoisotopic (exact) mass is 220 g/mol. The normalized spacial score (nSPS) is 13.1. The van der Waals surface area contributed by atoms with Crippen LogP contribution in [0.3, 0.4) is 0 Å². The maximum atomic E-state index is 10.5. The summed E-state index contributed by atoms with van der Waals surface area (Å²) in [6, 6.07) is 0. The first-order chi connectivity index (χ1) is 6.54. The minimum absolute atomic E-state index is 0.259. The van der Waals surface area contributed by atoms with E-state index >= 15 is 0 Å². The minimum atomic E-state index is -0.722. The highest BCUT2D eigenvalue weighted by molar-refractivity contribution is 7.99. The first-order valence-electron chi connectivity index (χ1n) is 4.92. The van der Waals surface area contributed by atoms with E-state index in [2.05, 4.69) is 13.8 Å². The standard InChI is InChI=1S/C10H20O3S/c1-8(2)6-13-4-5-14-7-9(3)10(11)12/h8-9H,4-7H2,1-3H3,(H,11,12). The molecular formula is C10H20O3S. The first-order valence-corrected chi connectivity index (χ1v) is 6.07. The van der Waals surface area contributed by atoms with E-state index in [-0.39, 0.29) is 5.92 Å². The molecule has 1 N–H and O–H groups in total. The Morgan fingerprint density at radius 3 is 2.57 bits per heavy atom. The van der Waals surface area contributed by atoms with Gasteiger partial charge in [-0.15, -0.1) is 0 Å². The van der Waals surface area contributed by atoms with Crippen molar-refractivity contribution in [3.8, 4) is 0 Å². The molecule has 0 amide bonds. The summed E-state index contributed by atoms with van der Waals surface area (Å²) in [5.74, 6) is 1.13. The molecule has 0 aliphatic rings. The van der Waals surface area contributed by atoms with Gasteiger partial charge in [-0.05, 0) is 5.92 Å². The highest BCUT2D eigenvalue weighted by Gasteiger charge is 2.09. The average molecular weight is 220 g/mol. The molecule has 0 spiro atoms. The van der Waals surface area contributed by atoms with Crippen LogP contribution in [0.2, 0.25) is 0 Å². The summed E-state index contributed by atoms with van der Waals surface area (Å²) in [5.41, 5.74) is 0. The highest BCUT2D eigenvalue weighted by Crippen LogP contribution is 2.08. The molecule has 0 saturated heterocycles. The number of carbonyl (C=O) groups is 1. The summed E-state index contributed by atoms with van der Waals surface area (Å²) >= 11 is 1.64. The van der Waals surface area contributed by atoms with E-state index in [9.17, 15) is 4.79 Å². The van der Waals surface area contributed by atoms with Gasteiger partial charge in [-0.3, -0.25) is 4.79 Å². The van der Waals surface area contributed by atoms with Crippen molar-refractivity contribution in [3.05, 3.63) is 0 Å². The molecule has 14 heavy (non-hydrogen) atoms. The Kier molecular flexibility index (Phi) is 7.99. The van der Waals surface area contributed by atoms with Gasteiger partial charge in [0, 0.05) is 18.1 Å². The molecule has 0 fully saturated rings. The second-order valence-electron chi connectivity index (χ2n) is 3.78. The second-order valence-corrected chi connectivity index (χ2v) is 4.93. The zero-order valence-electron chi connectivity index (χ0n) is 9.16. The number of aliphatic carboxylic acids is 1. The van der Waals surface area contributed by atoms with Gasteiger partial charge in [-0.25, -0.2) is 0 Å². The fourth-order valence-electron chi connectivity index (χ4n) is 0.768. The lowest BCUT2D eigenvalue weighted by atomic mass is 10.2. The van der Waals surface area contributed by atoms with Gasteiger partial charge in [0.25, 0.3) is 0 Å². The van der Waals surface area contributed by atoms with Gasteiger partial charge in [0.1, 0.15) is 0 Å². The minimum Gasteiger partial charge on any atom is -0.481 e. The van der Waals surface area contributed by atoms with Crippen LogP contribution >= 0.6 is 11.8 Å². The molecule has 1 unspecified atom stereocenters. The second kappa shape index (κ2) is 8.12. The molecule has 3 nitrogen and oxygen atoms in total. The van der Waals surface area contributed by atoms with Gasteiger partial charge in [0.05, 0.1) is 12.5 Å². The lowest BCUT2D eigenvalue weighted by molar-refractivity contribution is -0.140. The fraction of sp³-hybridized carbons (Fsp3) is 0.900. The molecule has 84 valence electrons. The van der Waals surface area contributed by atoms with Crippen LogP contribution in [-0.2, 0) is 9.53 Å². The molecule has 0 heterocycles. The Morgan fingerprint density at radius 2 is 2.07 bits per heavy atom. The van der Waals surface area contributed by atoms with Crippen molar-refractivity contribution >= 4 is 17.7 Å². The Hall–Kier alpha value is -0.220. The smallest absolute Gasteiger partial charge is 0.307 e. The number of carboxylic acids is 1. The van der Waals surface area contributed by atoms with E-state index < -0.39 is 5.97 Å². The lowest BCUT2D eigenvalue weighted by Gasteiger charge is -2.07. The molecule has 1 atom stereocenters. The Labute approximate surface area is 90.2 Å². The predicted octanol–water partition coefficient (Wildman–Crippen LogP) is 2.11. The highest BCUT2D eigenvalue weighted by atomic mass is 32.2. The van der Waals surface area contributed by atoms with Crippen LogP contribution in [0.1, 0.15) is 20.8 Å². The third-order valence-corrected chi connectivity index (χ3v) is 2.80. The third-order valence-electron chi connectivity index (χ3n) is 1.61. The van der Waals surface area contributed by atoms with E-state index in [0.717, 1.165) is 19.0 Å². The maximum absolute atomic E-state index is 10.5. The number of carboxylic acid groups (broad SMARTS) is 1. The molecule has 4 heteroatoms. The number of hydrogen-bond donors (Lipinski definition) is 1. The largest absolute Gasteiger partial charge is 0.481 e. The van der Waals surface area contributed by atoms with Crippen LogP contribution in [0.4, 0.5) is 0 Å². The fourth-order valence-corrected chi connectivity index (χ4v) is 1.67. The topological polar surface area (TPSA) is 46.5 Å². The molecule has 0 radical (unpaired) electrons. The van der Waals surface area contributed by atoms with E-state index in [4.69, 9.17) is 9.84 Å². The third kappa shape index (κ3) is 8.38. The Morgan fingerprint density at radius 1 is 1.43 bits per heavy atom. The van der Waals surface area contributed by atoms with Crippen molar-refractivity contribution in [2.75, 3.05) is 24.7 Å². The number of ether oxygens (including phenoxy) is 1. The van der Waals surface area contributed by atoms with Crippen LogP contribution in [0.5, 0.6) is 0 Å². The van der Waals surface area contributed by atoms with Crippen molar-refractivity contribution in [1.82, 2.24) is 0 Å². The first kappa shape index (κ1) is 13.8. The van der Waals surface area contributed by atoms with Crippen molar-refractivity contribution in [2.45, 2.75) is 20.8 Å². The molecule has 0 aliphatic carbocycles. The molecule has 0 aromatic heterocycles. The summed E-state index contributed by atoms with van der Waals surface area (Å²) in [5, 5.41) is 8.61. The molecule has 0 saturated carbocycles. The molecule has 0 aromatic carbocycles. The van der Waals surface area contributed by atoms with Crippen LogP contribution in [0.25, 0.3) is 0 Å². The zero-order chi connectivity index (χ0) is 11.0. The van der Waals surface area contributed by atoms with E-state index in [0.29, 0.717) is 11.7 Å². The summed E-state index contributed by atoms with van der Waals surface area (Å²) < 4.78 is 5.37. The molecule has 0 bridgehead atoms. The quantitative estimate of drug-likeness (QED) is 0.636. The number of thioether (sulfide) groups is 1. The SMILES string of the molecule is CC(C)COCCSCC(C)C(=O)O. The maximum Gasteiger partial charge on any atom is 0.307 e. The number of rotatable bonds is 8. The van der Waals surface area contributed by atoms with Crippen molar-refractivity contribution in [1.29, 1.82) is 0 Å². The van der Waals surface area contributed by atoms with E-state index in [1.807, 2.05) is 0 Å². The van der Waals surface area contributed by atoms with Crippen molar-refractivity contribution in [3.63, 3.8) is 0 Å². The summed E-state index contributed by atoms with van der Waals surface area (Å²) in [7, 11) is 0. The zero-order valence-corrected chi connectivity index (χ0v) is 9.97. The van der Waals surface area contributed by atoms with Crippen LogP contribution in [-0.4, -0.2) is 35.8 Å². The van der Waals surface area contributed by atoms with Crippen LogP contribution in [0, 0.1) is 11.8 Å². The van der Waals surface area contributed by atoms with Crippen LogP contribution < -0.4 is 0 Å². The Balaban J connectivity index is 3.17. The summed E-state index contributed by atoms with van der Waals surface area (Å²) in [6.45, 7) is 7.45. The molecule has 0 aliphatic heterocycles. The van der Waals surface area contributed by atoms with Gasteiger partial charge in [-0.2, -0.15) is 11.8 Å². The molecular weight excluding hydrogens is 200 g/mol. The molecule has 0 rings (SSSR count). The van der Waals surface area contributed by atoms with Crippen molar-refractivity contribution in [2.24, 2.45) is 11.8 Å².